The lowest BCUT2D eigenvalue weighted by atomic mass is 10.4. The topological polar surface area (TPSA) is 43.8 Å². The summed E-state index contributed by atoms with van der Waals surface area (Å²) in [6.45, 7) is 1.59. The van der Waals surface area contributed by atoms with Gasteiger partial charge in [0, 0.05) is 25.0 Å². The van der Waals surface area contributed by atoms with E-state index in [2.05, 4.69) is 15.8 Å². The molecule has 3 nitrogen and oxygen atoms in total. The quantitative estimate of drug-likeness (QED) is 0.725. The highest BCUT2D eigenvalue weighted by molar-refractivity contribution is 7.98. The zero-order chi connectivity index (χ0) is 8.10. The highest BCUT2D eigenvalue weighted by atomic mass is 32.2. The molecule has 0 aliphatic carbocycles. The second-order valence-electron chi connectivity index (χ2n) is 2.28. The van der Waals surface area contributed by atoms with E-state index in [9.17, 15) is 0 Å². The van der Waals surface area contributed by atoms with Gasteiger partial charge in [-0.15, -0.1) is 0 Å². The Kier molecular flexibility index (Phi) is 3.45. The van der Waals surface area contributed by atoms with Crippen molar-refractivity contribution in [3.63, 3.8) is 0 Å². The average molecular weight is 171 g/mol. The van der Waals surface area contributed by atoms with Crippen molar-refractivity contribution in [1.82, 2.24) is 9.55 Å². The van der Waals surface area contributed by atoms with Gasteiger partial charge in [0.2, 0.25) is 0 Å². The van der Waals surface area contributed by atoms with E-state index in [1.165, 1.54) is 0 Å². The number of thioether (sulfide) groups is 1. The molecule has 0 aromatic carbocycles. The summed E-state index contributed by atoms with van der Waals surface area (Å²) in [5, 5.41) is 0. The van der Waals surface area contributed by atoms with Crippen LogP contribution in [-0.4, -0.2) is 21.6 Å². The Hall–Kier alpha value is -0.480. The molecule has 4 heteroatoms. The van der Waals surface area contributed by atoms with Crippen LogP contribution < -0.4 is 5.73 Å². The molecule has 0 atom stereocenters. The largest absolute Gasteiger partial charge is 0.333 e. The lowest BCUT2D eigenvalue weighted by Gasteiger charge is -2.03. The predicted molar refractivity (Wildman–Crippen MR) is 48.5 cm³/mol. The first kappa shape index (κ1) is 8.62. The van der Waals surface area contributed by atoms with E-state index in [4.69, 9.17) is 5.73 Å². The summed E-state index contributed by atoms with van der Waals surface area (Å²) >= 11 is 1.83. The lowest BCUT2D eigenvalue weighted by Crippen LogP contribution is -2.07. The van der Waals surface area contributed by atoms with E-state index in [-0.39, 0.29) is 0 Å². The van der Waals surface area contributed by atoms with E-state index in [0.29, 0.717) is 6.54 Å². The summed E-state index contributed by atoms with van der Waals surface area (Å²) in [7, 11) is 0. The lowest BCUT2D eigenvalue weighted by molar-refractivity contribution is 0.719. The molecule has 0 saturated heterocycles. The van der Waals surface area contributed by atoms with Gasteiger partial charge in [0.1, 0.15) is 0 Å². The average Bonchev–Trinajstić information content (AvgIpc) is 2.47. The number of nitrogens with two attached hydrogens (primary N) is 1. The molecule has 0 fully saturated rings. The molecule has 0 aliphatic heterocycles. The summed E-state index contributed by atoms with van der Waals surface area (Å²) in [4.78, 5) is 4.02. The van der Waals surface area contributed by atoms with Gasteiger partial charge in [-0.25, -0.2) is 4.98 Å². The standard InChI is InChI=1S/C7H13N3S/c1-11-3-2-10-6-9-5-7(10)4-8/h5-6H,2-4,8H2,1H3. The van der Waals surface area contributed by atoms with Gasteiger partial charge in [-0.05, 0) is 6.26 Å². The molecule has 0 saturated carbocycles. The van der Waals surface area contributed by atoms with Gasteiger partial charge in [0.05, 0.1) is 12.0 Å². The van der Waals surface area contributed by atoms with E-state index < -0.39 is 0 Å². The Labute approximate surface area is 71.0 Å². The third kappa shape index (κ3) is 2.24. The van der Waals surface area contributed by atoms with Gasteiger partial charge in [-0.3, -0.25) is 0 Å². The van der Waals surface area contributed by atoms with Crippen molar-refractivity contribution in [2.75, 3.05) is 12.0 Å². The molecule has 1 heterocycles. The van der Waals surface area contributed by atoms with Gasteiger partial charge in [0.25, 0.3) is 0 Å². The number of hydrogen-bond donors (Lipinski definition) is 1. The SMILES string of the molecule is CSCCn1cncc1CN. The summed E-state index contributed by atoms with van der Waals surface area (Å²) in [5.74, 6) is 1.11. The minimum Gasteiger partial charge on any atom is -0.333 e. The van der Waals surface area contributed by atoms with Crippen LogP contribution in [0.25, 0.3) is 0 Å². The van der Waals surface area contributed by atoms with Gasteiger partial charge in [0.15, 0.2) is 0 Å². The fourth-order valence-electron chi connectivity index (χ4n) is 0.909. The normalized spacial score (nSPS) is 10.4. The maximum Gasteiger partial charge on any atom is 0.0948 e. The number of aryl methyl sites for hydroxylation is 1. The Morgan fingerprint density at radius 2 is 2.55 bits per heavy atom. The third-order valence-electron chi connectivity index (χ3n) is 1.54. The van der Waals surface area contributed by atoms with Gasteiger partial charge >= 0.3 is 0 Å². The Morgan fingerprint density at radius 3 is 3.18 bits per heavy atom. The molecule has 0 aliphatic rings. The van der Waals surface area contributed by atoms with Crippen molar-refractivity contribution in [1.29, 1.82) is 0 Å². The predicted octanol–water partition coefficient (Wildman–Crippen LogP) is 0.705. The first-order valence-corrected chi connectivity index (χ1v) is 4.96. The monoisotopic (exact) mass is 171 g/mol. The van der Waals surface area contributed by atoms with Crippen LogP contribution in [0.2, 0.25) is 0 Å². The molecular weight excluding hydrogens is 158 g/mol. The second-order valence-corrected chi connectivity index (χ2v) is 3.26. The van der Waals surface area contributed by atoms with Crippen molar-refractivity contribution < 1.29 is 0 Å². The van der Waals surface area contributed by atoms with Crippen LogP contribution in [0.4, 0.5) is 0 Å². The number of aromatic nitrogens is 2. The van der Waals surface area contributed by atoms with Crippen molar-refractivity contribution in [2.45, 2.75) is 13.1 Å². The Morgan fingerprint density at radius 1 is 1.73 bits per heavy atom. The van der Waals surface area contributed by atoms with E-state index in [1.807, 2.05) is 24.3 Å². The third-order valence-corrected chi connectivity index (χ3v) is 2.13. The van der Waals surface area contributed by atoms with Crippen LogP contribution in [0.5, 0.6) is 0 Å². The van der Waals surface area contributed by atoms with Crippen LogP contribution >= 0.6 is 11.8 Å². The van der Waals surface area contributed by atoms with Crippen LogP contribution in [0, 0.1) is 0 Å². The van der Waals surface area contributed by atoms with Gasteiger partial charge < -0.3 is 10.3 Å². The minimum absolute atomic E-state index is 0.578. The minimum atomic E-state index is 0.578. The molecule has 2 N–H and O–H groups in total. The first-order chi connectivity index (χ1) is 5.38. The number of rotatable bonds is 4. The van der Waals surface area contributed by atoms with Crippen LogP contribution in [0.15, 0.2) is 12.5 Å². The molecular formula is C7H13N3S. The van der Waals surface area contributed by atoms with Crippen molar-refractivity contribution in [2.24, 2.45) is 5.73 Å². The zero-order valence-corrected chi connectivity index (χ0v) is 7.47. The van der Waals surface area contributed by atoms with Crippen molar-refractivity contribution in [3.05, 3.63) is 18.2 Å². The van der Waals surface area contributed by atoms with Crippen LogP contribution in [-0.2, 0) is 13.1 Å². The molecule has 11 heavy (non-hydrogen) atoms. The summed E-state index contributed by atoms with van der Waals surface area (Å²) in [5.41, 5.74) is 6.61. The first-order valence-electron chi connectivity index (χ1n) is 3.56. The summed E-state index contributed by atoms with van der Waals surface area (Å²) < 4.78 is 2.09. The van der Waals surface area contributed by atoms with Gasteiger partial charge in [-0.1, -0.05) is 0 Å². The summed E-state index contributed by atoms with van der Waals surface area (Å²) in [6, 6.07) is 0. The van der Waals surface area contributed by atoms with E-state index in [0.717, 1.165) is 18.0 Å². The fourth-order valence-corrected chi connectivity index (χ4v) is 1.29. The molecule has 0 radical (unpaired) electrons. The molecule has 1 rings (SSSR count). The van der Waals surface area contributed by atoms with Crippen LogP contribution in [0.3, 0.4) is 0 Å². The van der Waals surface area contributed by atoms with Crippen molar-refractivity contribution >= 4 is 11.8 Å². The smallest absolute Gasteiger partial charge is 0.0948 e. The van der Waals surface area contributed by atoms with E-state index in [1.54, 1.807) is 0 Å². The second kappa shape index (κ2) is 4.41. The van der Waals surface area contributed by atoms with Crippen molar-refractivity contribution in [3.8, 4) is 0 Å². The summed E-state index contributed by atoms with van der Waals surface area (Å²) in [6.07, 6.45) is 5.75. The Balaban J connectivity index is 2.54. The highest BCUT2D eigenvalue weighted by Crippen LogP contribution is 2.00. The maximum atomic E-state index is 5.50. The van der Waals surface area contributed by atoms with E-state index >= 15 is 0 Å². The molecule has 0 amide bonds. The number of nitrogens with zero attached hydrogens (tertiary/aromatic N) is 2. The highest BCUT2D eigenvalue weighted by Gasteiger charge is 1.97. The molecule has 0 unspecified atom stereocenters. The molecule has 62 valence electrons. The molecule has 0 bridgehead atoms. The molecule has 1 aromatic heterocycles. The number of imidazole rings is 1. The fraction of sp³-hybridized carbons (Fsp3) is 0.571. The maximum absolute atomic E-state index is 5.50. The van der Waals surface area contributed by atoms with Crippen LogP contribution in [0.1, 0.15) is 5.69 Å². The molecule has 1 aromatic rings. The zero-order valence-electron chi connectivity index (χ0n) is 6.66. The number of hydrogen-bond acceptors (Lipinski definition) is 3. The molecule has 0 spiro atoms. The Bertz CT molecular complexity index is 209. The van der Waals surface area contributed by atoms with Gasteiger partial charge in [-0.2, -0.15) is 11.8 Å².